The van der Waals surface area contributed by atoms with Gasteiger partial charge in [-0.15, -0.1) is 0 Å². The Bertz CT molecular complexity index is 514. The van der Waals surface area contributed by atoms with Crippen molar-refractivity contribution in [1.82, 2.24) is 0 Å². The third-order valence-corrected chi connectivity index (χ3v) is 4.36. The predicted molar refractivity (Wildman–Crippen MR) is 71.7 cm³/mol. The summed E-state index contributed by atoms with van der Waals surface area (Å²) in [6.45, 7) is 0.620. The van der Waals surface area contributed by atoms with Gasteiger partial charge in [-0.25, -0.2) is 0 Å². The summed E-state index contributed by atoms with van der Waals surface area (Å²) in [6, 6.07) is 8.27. The average Bonchev–Trinajstić information content (AvgIpc) is 3.18. The molecule has 100 valence electrons. The lowest BCUT2D eigenvalue weighted by Crippen LogP contribution is -2.13. The first-order valence-electron chi connectivity index (χ1n) is 7.03. The number of aliphatic hydroxyl groups is 1. The van der Waals surface area contributed by atoms with Crippen molar-refractivity contribution < 1.29 is 9.84 Å². The van der Waals surface area contributed by atoms with Crippen molar-refractivity contribution in [1.29, 1.82) is 5.26 Å². The molecule has 1 N–H and O–H groups in total. The van der Waals surface area contributed by atoms with Crippen LogP contribution in [0.5, 0.6) is 5.75 Å². The molecule has 1 fully saturated rings. The van der Waals surface area contributed by atoms with Crippen molar-refractivity contribution >= 4 is 0 Å². The van der Waals surface area contributed by atoms with Crippen molar-refractivity contribution in [2.75, 3.05) is 6.61 Å². The number of ether oxygens (including phenoxy) is 1. The van der Waals surface area contributed by atoms with Crippen LogP contribution in [-0.2, 0) is 6.42 Å². The number of hydrogen-bond donors (Lipinski definition) is 1. The summed E-state index contributed by atoms with van der Waals surface area (Å²) in [5.74, 6) is 0.823. The Balaban J connectivity index is 1.69. The molecule has 3 nitrogen and oxygen atoms in total. The van der Waals surface area contributed by atoms with Gasteiger partial charge < -0.3 is 9.84 Å². The Morgan fingerprint density at radius 3 is 3.00 bits per heavy atom. The number of nitrogens with zero attached hydrogens (tertiary/aromatic N) is 1. The second-order valence-electron chi connectivity index (χ2n) is 5.89. The van der Waals surface area contributed by atoms with Crippen LogP contribution in [0.25, 0.3) is 0 Å². The highest BCUT2D eigenvalue weighted by molar-refractivity contribution is 5.38. The molecule has 2 aliphatic carbocycles. The number of aryl methyl sites for hydroxylation is 1. The first kappa shape index (κ1) is 12.5. The summed E-state index contributed by atoms with van der Waals surface area (Å²) in [4.78, 5) is 0. The molecule has 1 aromatic rings. The lowest BCUT2D eigenvalue weighted by Gasteiger charge is -2.22. The molecule has 0 bridgehead atoms. The first-order chi connectivity index (χ1) is 9.22. The molecule has 0 radical (unpaired) electrons. The third-order valence-electron chi connectivity index (χ3n) is 4.36. The fourth-order valence-corrected chi connectivity index (χ4v) is 2.80. The molecule has 0 unspecified atom stereocenters. The lowest BCUT2D eigenvalue weighted by atomic mass is 9.89. The molecule has 1 aromatic carbocycles. The minimum atomic E-state index is -0.346. The summed E-state index contributed by atoms with van der Waals surface area (Å²) >= 11 is 0. The molecular weight excluding hydrogens is 238 g/mol. The van der Waals surface area contributed by atoms with Crippen LogP contribution in [0.1, 0.15) is 49.3 Å². The van der Waals surface area contributed by atoms with Crippen LogP contribution in [0.2, 0.25) is 0 Å². The monoisotopic (exact) mass is 257 g/mol. The summed E-state index contributed by atoms with van der Waals surface area (Å²) in [5, 5.41) is 18.8. The molecule has 0 aromatic heterocycles. The van der Waals surface area contributed by atoms with Crippen LogP contribution >= 0.6 is 0 Å². The molecule has 0 heterocycles. The van der Waals surface area contributed by atoms with E-state index < -0.39 is 0 Å². The average molecular weight is 257 g/mol. The minimum absolute atomic E-state index is 0.100. The van der Waals surface area contributed by atoms with Crippen LogP contribution in [0.3, 0.4) is 0 Å². The summed E-state index contributed by atoms with van der Waals surface area (Å²) in [7, 11) is 0. The summed E-state index contributed by atoms with van der Waals surface area (Å²) in [5.41, 5.74) is 2.36. The summed E-state index contributed by atoms with van der Waals surface area (Å²) < 4.78 is 5.84. The van der Waals surface area contributed by atoms with E-state index in [9.17, 15) is 5.11 Å². The number of aliphatic hydroxyl groups excluding tert-OH is 1. The van der Waals surface area contributed by atoms with Crippen molar-refractivity contribution in [3.05, 3.63) is 29.3 Å². The van der Waals surface area contributed by atoms with Gasteiger partial charge in [0.25, 0.3) is 0 Å². The largest absolute Gasteiger partial charge is 0.493 e. The third kappa shape index (κ3) is 2.59. The Labute approximate surface area is 113 Å². The standard InChI is InChI=1S/C16H19NO2/c17-9-8-16(6-7-16)11-19-13-5-4-12-2-1-3-15(18)14(12)10-13/h4-5,10,15,18H,1-3,6-8,11H2/t15-/m1/s1. The van der Waals surface area contributed by atoms with Crippen LogP contribution in [0, 0.1) is 16.7 Å². The highest BCUT2D eigenvalue weighted by Crippen LogP contribution is 2.48. The Morgan fingerprint density at radius 1 is 1.42 bits per heavy atom. The zero-order chi connectivity index (χ0) is 13.3. The highest BCUT2D eigenvalue weighted by Gasteiger charge is 2.43. The van der Waals surface area contributed by atoms with Gasteiger partial charge in [0.05, 0.1) is 18.8 Å². The fraction of sp³-hybridized carbons (Fsp3) is 0.562. The molecule has 19 heavy (non-hydrogen) atoms. The van der Waals surface area contributed by atoms with Crippen LogP contribution < -0.4 is 4.74 Å². The highest BCUT2D eigenvalue weighted by atomic mass is 16.5. The van der Waals surface area contributed by atoms with E-state index in [4.69, 9.17) is 10.00 Å². The maximum absolute atomic E-state index is 10.0. The zero-order valence-electron chi connectivity index (χ0n) is 11.1. The number of nitriles is 1. The van der Waals surface area contributed by atoms with Gasteiger partial charge in [-0.1, -0.05) is 6.07 Å². The number of rotatable bonds is 4. The maximum Gasteiger partial charge on any atom is 0.119 e. The molecule has 0 saturated heterocycles. The van der Waals surface area contributed by atoms with E-state index in [1.807, 2.05) is 12.1 Å². The molecule has 0 spiro atoms. The normalized spacial score (nSPS) is 23.3. The smallest absolute Gasteiger partial charge is 0.119 e. The van der Waals surface area contributed by atoms with E-state index in [0.717, 1.165) is 43.4 Å². The Kier molecular flexibility index (Phi) is 3.20. The molecule has 2 aliphatic rings. The second kappa shape index (κ2) is 4.86. The van der Waals surface area contributed by atoms with Crippen molar-refractivity contribution in [2.24, 2.45) is 5.41 Å². The minimum Gasteiger partial charge on any atom is -0.493 e. The van der Waals surface area contributed by atoms with Gasteiger partial charge in [0.15, 0.2) is 0 Å². The van der Waals surface area contributed by atoms with Gasteiger partial charge in [0.2, 0.25) is 0 Å². The van der Waals surface area contributed by atoms with Crippen molar-refractivity contribution in [3.8, 4) is 11.8 Å². The number of benzene rings is 1. The fourth-order valence-electron chi connectivity index (χ4n) is 2.80. The molecule has 1 saturated carbocycles. The lowest BCUT2D eigenvalue weighted by molar-refractivity contribution is 0.155. The molecule has 0 amide bonds. The van der Waals surface area contributed by atoms with E-state index in [2.05, 4.69) is 12.1 Å². The van der Waals surface area contributed by atoms with Crippen LogP contribution in [0.4, 0.5) is 0 Å². The van der Waals surface area contributed by atoms with E-state index in [-0.39, 0.29) is 11.5 Å². The zero-order valence-corrected chi connectivity index (χ0v) is 11.1. The van der Waals surface area contributed by atoms with Crippen molar-refractivity contribution in [2.45, 2.75) is 44.6 Å². The van der Waals surface area contributed by atoms with E-state index >= 15 is 0 Å². The van der Waals surface area contributed by atoms with Gasteiger partial charge in [-0.2, -0.15) is 5.26 Å². The predicted octanol–water partition coefficient (Wildman–Crippen LogP) is 3.13. The van der Waals surface area contributed by atoms with Gasteiger partial charge in [0.1, 0.15) is 5.75 Å². The van der Waals surface area contributed by atoms with E-state index in [1.165, 1.54) is 5.56 Å². The molecule has 0 aliphatic heterocycles. The summed E-state index contributed by atoms with van der Waals surface area (Å²) in [6.07, 6.45) is 5.36. The Morgan fingerprint density at radius 2 is 2.26 bits per heavy atom. The Hall–Kier alpha value is -1.53. The second-order valence-corrected chi connectivity index (χ2v) is 5.89. The van der Waals surface area contributed by atoms with Gasteiger partial charge >= 0.3 is 0 Å². The number of hydrogen-bond acceptors (Lipinski definition) is 3. The molecule has 3 rings (SSSR count). The molecule has 1 atom stereocenters. The number of fused-ring (bicyclic) bond motifs is 1. The molecule has 3 heteroatoms. The molecular formula is C16H19NO2. The van der Waals surface area contributed by atoms with Gasteiger partial charge in [-0.3, -0.25) is 0 Å². The first-order valence-corrected chi connectivity index (χ1v) is 7.03. The van der Waals surface area contributed by atoms with Gasteiger partial charge in [0, 0.05) is 11.8 Å². The maximum atomic E-state index is 10.0. The SMILES string of the molecule is N#CCC1(COc2ccc3c(c2)[C@H](O)CCC3)CC1. The van der Waals surface area contributed by atoms with Crippen LogP contribution in [-0.4, -0.2) is 11.7 Å². The van der Waals surface area contributed by atoms with Crippen molar-refractivity contribution in [3.63, 3.8) is 0 Å². The topological polar surface area (TPSA) is 53.2 Å². The quantitative estimate of drug-likeness (QED) is 0.901. The van der Waals surface area contributed by atoms with E-state index in [1.54, 1.807) is 0 Å². The van der Waals surface area contributed by atoms with E-state index in [0.29, 0.717) is 13.0 Å². The van der Waals surface area contributed by atoms with Gasteiger partial charge in [-0.05, 0) is 55.4 Å². The van der Waals surface area contributed by atoms with Crippen LogP contribution in [0.15, 0.2) is 18.2 Å².